The van der Waals surface area contributed by atoms with Gasteiger partial charge in [-0.2, -0.15) is 0 Å². The third-order valence-electron chi connectivity index (χ3n) is 12.0. The Morgan fingerprint density at radius 1 is 0.946 bits per heavy atom. The Balaban J connectivity index is 1.34. The molecule has 37 heavy (non-hydrogen) atoms. The molecule has 0 bridgehead atoms. The molecule has 4 aliphatic rings. The van der Waals surface area contributed by atoms with Crippen LogP contribution in [0, 0.1) is 46.3 Å². The van der Waals surface area contributed by atoms with Gasteiger partial charge in [0.1, 0.15) is 6.10 Å². The molecule has 2 nitrogen and oxygen atoms in total. The number of carbonyl (C=O) groups excluding carboxylic acids is 1. The van der Waals surface area contributed by atoms with Crippen LogP contribution in [0.4, 0.5) is 0 Å². The molecule has 2 heteroatoms. The first-order chi connectivity index (χ1) is 17.7. The van der Waals surface area contributed by atoms with E-state index in [0.29, 0.717) is 17.3 Å². The first-order valence-corrected chi connectivity index (χ1v) is 16.6. The van der Waals surface area contributed by atoms with Crippen molar-refractivity contribution in [1.29, 1.82) is 0 Å². The Kier molecular flexibility index (Phi) is 9.94. The van der Waals surface area contributed by atoms with Crippen LogP contribution in [0.15, 0.2) is 11.6 Å². The molecular formula is C35H60O2. The fraction of sp³-hybridized carbons (Fsp3) is 0.914. The predicted octanol–water partition coefficient (Wildman–Crippen LogP) is 10.3. The first-order valence-electron chi connectivity index (χ1n) is 16.6. The van der Waals surface area contributed by atoms with Gasteiger partial charge < -0.3 is 4.74 Å². The second-order valence-corrected chi connectivity index (χ2v) is 14.8. The summed E-state index contributed by atoms with van der Waals surface area (Å²) in [5.41, 5.74) is 2.54. The summed E-state index contributed by atoms with van der Waals surface area (Å²) in [4.78, 5) is 12.5. The van der Waals surface area contributed by atoms with Gasteiger partial charge in [0.05, 0.1) is 0 Å². The minimum absolute atomic E-state index is 0.0485. The average molecular weight is 513 g/mol. The Labute approximate surface area is 230 Å². The Morgan fingerprint density at radius 3 is 2.49 bits per heavy atom. The molecule has 0 aromatic carbocycles. The van der Waals surface area contributed by atoms with E-state index in [-0.39, 0.29) is 12.1 Å². The smallest absolute Gasteiger partial charge is 0.306 e. The largest absolute Gasteiger partial charge is 0.462 e. The lowest BCUT2D eigenvalue weighted by molar-refractivity contribution is -0.151. The maximum Gasteiger partial charge on any atom is 0.306 e. The van der Waals surface area contributed by atoms with Crippen molar-refractivity contribution >= 4 is 5.97 Å². The molecule has 0 aliphatic heterocycles. The van der Waals surface area contributed by atoms with Crippen LogP contribution in [0.25, 0.3) is 0 Å². The molecule has 0 spiro atoms. The van der Waals surface area contributed by atoms with Crippen molar-refractivity contribution in [3.05, 3.63) is 11.6 Å². The number of rotatable bonds is 12. The highest BCUT2D eigenvalue weighted by atomic mass is 16.5. The lowest BCUT2D eigenvalue weighted by atomic mass is 9.47. The molecule has 4 aliphatic carbocycles. The molecule has 3 fully saturated rings. The molecule has 8 atom stereocenters. The Hall–Kier alpha value is -0.790. The average Bonchev–Trinajstić information content (AvgIpc) is 3.21. The lowest BCUT2D eigenvalue weighted by Crippen LogP contribution is -2.51. The van der Waals surface area contributed by atoms with Crippen molar-refractivity contribution in [3.8, 4) is 0 Å². The van der Waals surface area contributed by atoms with Gasteiger partial charge in [-0.1, -0.05) is 98.1 Å². The first kappa shape index (κ1) is 29.2. The number of ether oxygens (including phenoxy) is 1. The minimum atomic E-state index is 0.0485. The van der Waals surface area contributed by atoms with Crippen molar-refractivity contribution in [1.82, 2.24) is 0 Å². The molecule has 3 saturated carbocycles. The molecule has 0 radical (unpaired) electrons. The van der Waals surface area contributed by atoms with Crippen LogP contribution >= 0.6 is 0 Å². The molecule has 0 amide bonds. The SMILES string of the molecule is CCCCCCCC(=O)OC1CC[C@@]2(C)C(=CCC3C2CC[C@@]2(C)C3CC[C@@H]2[C@H](C)CCCC(C)C)C1. The predicted molar refractivity (Wildman–Crippen MR) is 156 cm³/mol. The highest BCUT2D eigenvalue weighted by Gasteiger charge is 2.59. The normalized spacial score (nSPS) is 37.9. The van der Waals surface area contributed by atoms with Gasteiger partial charge in [0.2, 0.25) is 0 Å². The summed E-state index contributed by atoms with van der Waals surface area (Å²) in [6.07, 6.45) is 23.9. The Bertz CT molecular complexity index is 782. The number of allylic oxidation sites excluding steroid dienone is 1. The molecular weight excluding hydrogens is 452 g/mol. The molecule has 4 unspecified atom stereocenters. The van der Waals surface area contributed by atoms with Crippen molar-refractivity contribution < 1.29 is 9.53 Å². The van der Waals surface area contributed by atoms with Crippen molar-refractivity contribution in [2.75, 3.05) is 0 Å². The molecule has 0 saturated heterocycles. The highest BCUT2D eigenvalue weighted by Crippen LogP contribution is 2.67. The summed E-state index contributed by atoms with van der Waals surface area (Å²) in [5, 5.41) is 0. The van der Waals surface area contributed by atoms with Gasteiger partial charge in [0, 0.05) is 12.8 Å². The zero-order valence-electron chi connectivity index (χ0n) is 25.5. The van der Waals surface area contributed by atoms with E-state index in [0.717, 1.165) is 61.2 Å². The molecule has 0 aromatic heterocycles. The van der Waals surface area contributed by atoms with Crippen LogP contribution in [0.5, 0.6) is 0 Å². The standard InChI is InChI=1S/C35H60O2/c1-7-8-9-10-11-15-33(36)37-28-20-22-34(5)27(24-28)16-17-29-31-19-18-30(26(4)14-12-13-25(2)3)35(31,6)23-21-32(29)34/h16,25-26,28-32H,7-15,17-24H2,1-6H3/t26-,28?,29?,30-,31?,32?,34+,35-/m1/s1. The van der Waals surface area contributed by atoms with Gasteiger partial charge in [-0.3, -0.25) is 4.79 Å². The summed E-state index contributed by atoms with van der Waals surface area (Å²) in [5.74, 6) is 5.34. The van der Waals surface area contributed by atoms with E-state index in [1.54, 1.807) is 5.57 Å². The van der Waals surface area contributed by atoms with Crippen molar-refractivity contribution in [3.63, 3.8) is 0 Å². The van der Waals surface area contributed by atoms with E-state index in [9.17, 15) is 4.79 Å². The van der Waals surface area contributed by atoms with Gasteiger partial charge in [-0.05, 0) is 97.7 Å². The van der Waals surface area contributed by atoms with E-state index in [4.69, 9.17) is 4.74 Å². The van der Waals surface area contributed by atoms with Gasteiger partial charge in [-0.25, -0.2) is 0 Å². The number of unbranched alkanes of at least 4 members (excludes halogenated alkanes) is 4. The molecule has 0 N–H and O–H groups in total. The quantitative estimate of drug-likeness (QED) is 0.148. The van der Waals surface area contributed by atoms with Crippen molar-refractivity contribution in [2.24, 2.45) is 46.3 Å². The van der Waals surface area contributed by atoms with E-state index >= 15 is 0 Å². The zero-order valence-corrected chi connectivity index (χ0v) is 25.5. The fourth-order valence-corrected chi connectivity index (χ4v) is 9.87. The summed E-state index contributed by atoms with van der Waals surface area (Å²) in [6.45, 7) is 14.9. The molecule has 0 heterocycles. The maximum atomic E-state index is 12.5. The minimum Gasteiger partial charge on any atom is -0.462 e. The van der Waals surface area contributed by atoms with Gasteiger partial charge in [0.15, 0.2) is 0 Å². The van der Waals surface area contributed by atoms with Crippen LogP contribution in [0.2, 0.25) is 0 Å². The van der Waals surface area contributed by atoms with Gasteiger partial charge in [-0.15, -0.1) is 0 Å². The summed E-state index contributed by atoms with van der Waals surface area (Å²) in [6, 6.07) is 0. The Morgan fingerprint density at radius 2 is 1.73 bits per heavy atom. The van der Waals surface area contributed by atoms with Crippen LogP contribution in [-0.4, -0.2) is 12.1 Å². The van der Waals surface area contributed by atoms with Crippen LogP contribution in [0.3, 0.4) is 0 Å². The third kappa shape index (κ3) is 6.35. The van der Waals surface area contributed by atoms with Gasteiger partial charge >= 0.3 is 5.97 Å². The number of carbonyl (C=O) groups is 1. The molecule has 4 rings (SSSR count). The topological polar surface area (TPSA) is 26.3 Å². The van der Waals surface area contributed by atoms with Crippen molar-refractivity contribution in [2.45, 2.75) is 157 Å². The molecule has 0 aromatic rings. The highest BCUT2D eigenvalue weighted by molar-refractivity contribution is 5.69. The fourth-order valence-electron chi connectivity index (χ4n) is 9.87. The van der Waals surface area contributed by atoms with E-state index in [1.165, 1.54) is 77.0 Å². The van der Waals surface area contributed by atoms with Crippen LogP contribution in [-0.2, 0) is 9.53 Å². The summed E-state index contributed by atoms with van der Waals surface area (Å²) >= 11 is 0. The third-order valence-corrected chi connectivity index (χ3v) is 12.0. The van der Waals surface area contributed by atoms with E-state index in [2.05, 4.69) is 47.6 Å². The number of hydrogen-bond acceptors (Lipinski definition) is 2. The van der Waals surface area contributed by atoms with Crippen LogP contribution < -0.4 is 0 Å². The second kappa shape index (κ2) is 12.6. The number of fused-ring (bicyclic) bond motifs is 5. The lowest BCUT2D eigenvalue weighted by Gasteiger charge is -2.58. The number of esters is 1. The molecule has 212 valence electrons. The van der Waals surface area contributed by atoms with E-state index in [1.807, 2.05) is 0 Å². The van der Waals surface area contributed by atoms with Gasteiger partial charge in [0.25, 0.3) is 0 Å². The maximum absolute atomic E-state index is 12.5. The monoisotopic (exact) mass is 512 g/mol. The number of hydrogen-bond donors (Lipinski definition) is 0. The summed E-state index contributed by atoms with van der Waals surface area (Å²) in [7, 11) is 0. The zero-order chi connectivity index (χ0) is 26.6. The second-order valence-electron chi connectivity index (χ2n) is 14.8. The van der Waals surface area contributed by atoms with E-state index < -0.39 is 0 Å². The summed E-state index contributed by atoms with van der Waals surface area (Å²) < 4.78 is 6.02. The van der Waals surface area contributed by atoms with Crippen LogP contribution in [0.1, 0.15) is 151 Å².